The summed E-state index contributed by atoms with van der Waals surface area (Å²) >= 11 is 0. The van der Waals surface area contributed by atoms with Crippen molar-refractivity contribution in [2.75, 3.05) is 5.32 Å². The summed E-state index contributed by atoms with van der Waals surface area (Å²) in [5.74, 6) is 0.913. The van der Waals surface area contributed by atoms with Gasteiger partial charge in [-0.2, -0.15) is 0 Å². The van der Waals surface area contributed by atoms with Gasteiger partial charge in [-0.25, -0.2) is 0 Å². The number of benzene rings is 1. The first-order chi connectivity index (χ1) is 7.59. The highest BCUT2D eigenvalue weighted by molar-refractivity contribution is 5.45. The molecule has 0 aliphatic heterocycles. The minimum atomic E-state index is -0.243. The van der Waals surface area contributed by atoms with Gasteiger partial charge in [0.2, 0.25) is 0 Å². The molecule has 1 heterocycles. The van der Waals surface area contributed by atoms with Crippen molar-refractivity contribution in [2.24, 2.45) is 7.05 Å². The second-order valence-corrected chi connectivity index (χ2v) is 4.38. The third kappa shape index (κ3) is 2.05. The molecule has 0 amide bonds. The van der Waals surface area contributed by atoms with Gasteiger partial charge in [0.15, 0.2) is 5.82 Å². The van der Waals surface area contributed by atoms with E-state index in [1.54, 1.807) is 6.33 Å². The quantitative estimate of drug-likeness (QED) is 0.855. The van der Waals surface area contributed by atoms with Crippen molar-refractivity contribution in [3.8, 4) is 0 Å². The fourth-order valence-electron chi connectivity index (χ4n) is 1.79. The van der Waals surface area contributed by atoms with Gasteiger partial charge in [-0.05, 0) is 26.0 Å². The number of nitrogens with zero attached hydrogens (tertiary/aromatic N) is 3. The van der Waals surface area contributed by atoms with Gasteiger partial charge < -0.3 is 9.88 Å². The van der Waals surface area contributed by atoms with Crippen molar-refractivity contribution < 1.29 is 0 Å². The summed E-state index contributed by atoms with van der Waals surface area (Å²) < 4.78 is 1.93. The van der Waals surface area contributed by atoms with E-state index in [0.29, 0.717) is 0 Å². The minimum Gasteiger partial charge on any atom is -0.373 e. The van der Waals surface area contributed by atoms with E-state index in [9.17, 15) is 0 Å². The zero-order chi connectivity index (χ0) is 11.6. The molecular formula is C12H16N4. The maximum absolute atomic E-state index is 4.13. The molecule has 0 bridgehead atoms. The van der Waals surface area contributed by atoms with Gasteiger partial charge in [-0.3, -0.25) is 0 Å². The SMILES string of the molecule is Cn1cnnc1C(C)(C)Nc1ccccc1. The predicted molar refractivity (Wildman–Crippen MR) is 64.1 cm³/mol. The topological polar surface area (TPSA) is 42.7 Å². The first kappa shape index (κ1) is 10.7. The van der Waals surface area contributed by atoms with Crippen molar-refractivity contribution >= 4 is 5.69 Å². The van der Waals surface area contributed by atoms with Crippen LogP contribution in [0, 0.1) is 0 Å². The maximum atomic E-state index is 4.13. The standard InChI is InChI=1S/C12H16N4/c1-12(2,11-15-13-9-16(11)3)14-10-7-5-4-6-8-10/h4-9,14H,1-3H3. The average Bonchev–Trinajstić information content (AvgIpc) is 2.66. The van der Waals surface area contributed by atoms with Crippen LogP contribution in [0.4, 0.5) is 5.69 Å². The highest BCUT2D eigenvalue weighted by atomic mass is 15.3. The zero-order valence-electron chi connectivity index (χ0n) is 9.81. The number of hydrogen-bond donors (Lipinski definition) is 1. The number of nitrogens with one attached hydrogen (secondary N) is 1. The van der Waals surface area contributed by atoms with Gasteiger partial charge in [0.05, 0.1) is 5.54 Å². The third-order valence-corrected chi connectivity index (χ3v) is 2.50. The van der Waals surface area contributed by atoms with Crippen LogP contribution in [0.1, 0.15) is 19.7 Å². The van der Waals surface area contributed by atoms with Crippen molar-refractivity contribution in [1.29, 1.82) is 0 Å². The number of aryl methyl sites for hydroxylation is 1. The van der Waals surface area contributed by atoms with E-state index in [2.05, 4.69) is 29.4 Å². The normalized spacial score (nSPS) is 11.4. The molecule has 1 aromatic heterocycles. The second-order valence-electron chi connectivity index (χ2n) is 4.38. The largest absolute Gasteiger partial charge is 0.373 e. The highest BCUT2D eigenvalue weighted by Crippen LogP contribution is 2.22. The Bertz CT molecular complexity index is 459. The van der Waals surface area contributed by atoms with E-state index in [1.165, 1.54) is 0 Å². The number of rotatable bonds is 3. The molecule has 1 N–H and O–H groups in total. The molecule has 0 spiro atoms. The Labute approximate surface area is 95.3 Å². The van der Waals surface area contributed by atoms with Crippen LogP contribution in [0.25, 0.3) is 0 Å². The fourth-order valence-corrected chi connectivity index (χ4v) is 1.79. The van der Waals surface area contributed by atoms with Gasteiger partial charge in [0.1, 0.15) is 6.33 Å². The molecule has 0 saturated carbocycles. The summed E-state index contributed by atoms with van der Waals surface area (Å²) in [6.07, 6.45) is 1.71. The van der Waals surface area contributed by atoms with E-state index < -0.39 is 0 Å². The smallest absolute Gasteiger partial charge is 0.157 e. The van der Waals surface area contributed by atoms with Crippen LogP contribution in [0.5, 0.6) is 0 Å². The van der Waals surface area contributed by atoms with E-state index in [1.807, 2.05) is 41.9 Å². The highest BCUT2D eigenvalue weighted by Gasteiger charge is 2.25. The molecule has 0 aliphatic carbocycles. The third-order valence-electron chi connectivity index (χ3n) is 2.50. The lowest BCUT2D eigenvalue weighted by atomic mass is 10.0. The Balaban J connectivity index is 2.24. The summed E-state index contributed by atoms with van der Waals surface area (Å²) in [4.78, 5) is 0. The van der Waals surface area contributed by atoms with Crippen LogP contribution in [0.3, 0.4) is 0 Å². The first-order valence-corrected chi connectivity index (χ1v) is 5.27. The van der Waals surface area contributed by atoms with Crippen LogP contribution in [0.2, 0.25) is 0 Å². The minimum absolute atomic E-state index is 0.243. The van der Waals surface area contributed by atoms with Crippen molar-refractivity contribution in [3.05, 3.63) is 42.5 Å². The molecule has 0 atom stereocenters. The lowest BCUT2D eigenvalue weighted by Gasteiger charge is -2.26. The molecular weight excluding hydrogens is 200 g/mol. The monoisotopic (exact) mass is 216 g/mol. The summed E-state index contributed by atoms with van der Waals surface area (Å²) in [6, 6.07) is 10.1. The Kier molecular flexibility index (Phi) is 2.64. The van der Waals surface area contributed by atoms with Gasteiger partial charge >= 0.3 is 0 Å². The summed E-state index contributed by atoms with van der Waals surface area (Å²) in [7, 11) is 1.95. The van der Waals surface area contributed by atoms with E-state index in [4.69, 9.17) is 0 Å². The van der Waals surface area contributed by atoms with Gasteiger partial charge in [-0.1, -0.05) is 18.2 Å². The Morgan fingerprint density at radius 1 is 1.19 bits per heavy atom. The molecule has 2 rings (SSSR count). The molecule has 0 unspecified atom stereocenters. The Morgan fingerprint density at radius 3 is 2.44 bits per heavy atom. The van der Waals surface area contributed by atoms with Gasteiger partial charge in [0, 0.05) is 12.7 Å². The number of anilines is 1. The van der Waals surface area contributed by atoms with Crippen molar-refractivity contribution in [3.63, 3.8) is 0 Å². The zero-order valence-corrected chi connectivity index (χ0v) is 9.81. The first-order valence-electron chi connectivity index (χ1n) is 5.27. The van der Waals surface area contributed by atoms with E-state index >= 15 is 0 Å². The van der Waals surface area contributed by atoms with Gasteiger partial charge in [0.25, 0.3) is 0 Å². The summed E-state index contributed by atoms with van der Waals surface area (Å²) in [5.41, 5.74) is 0.836. The van der Waals surface area contributed by atoms with Crippen LogP contribution in [-0.4, -0.2) is 14.8 Å². The van der Waals surface area contributed by atoms with Crippen LogP contribution >= 0.6 is 0 Å². The molecule has 2 aromatic rings. The summed E-state index contributed by atoms with van der Waals surface area (Å²) in [6.45, 7) is 4.17. The van der Waals surface area contributed by atoms with E-state index in [-0.39, 0.29) is 5.54 Å². The Hall–Kier alpha value is -1.84. The predicted octanol–water partition coefficient (Wildman–Crippen LogP) is 2.16. The molecule has 0 fully saturated rings. The number of aromatic nitrogens is 3. The molecule has 84 valence electrons. The molecule has 0 aliphatic rings. The average molecular weight is 216 g/mol. The number of para-hydroxylation sites is 1. The molecule has 0 saturated heterocycles. The molecule has 1 aromatic carbocycles. The lowest BCUT2D eigenvalue weighted by Crippen LogP contribution is -2.31. The molecule has 16 heavy (non-hydrogen) atoms. The van der Waals surface area contributed by atoms with Crippen LogP contribution in [-0.2, 0) is 12.6 Å². The van der Waals surface area contributed by atoms with Crippen molar-refractivity contribution in [1.82, 2.24) is 14.8 Å². The van der Waals surface area contributed by atoms with Gasteiger partial charge in [-0.15, -0.1) is 10.2 Å². The van der Waals surface area contributed by atoms with Crippen LogP contribution in [0.15, 0.2) is 36.7 Å². The maximum Gasteiger partial charge on any atom is 0.157 e. The van der Waals surface area contributed by atoms with Crippen molar-refractivity contribution in [2.45, 2.75) is 19.4 Å². The number of hydrogen-bond acceptors (Lipinski definition) is 3. The second kappa shape index (κ2) is 3.96. The van der Waals surface area contributed by atoms with E-state index in [0.717, 1.165) is 11.5 Å². The van der Waals surface area contributed by atoms with Crippen LogP contribution < -0.4 is 5.32 Å². The summed E-state index contributed by atoms with van der Waals surface area (Å²) in [5, 5.41) is 11.5. The lowest BCUT2D eigenvalue weighted by molar-refractivity contribution is 0.536. The molecule has 4 heteroatoms. The fraction of sp³-hybridized carbons (Fsp3) is 0.333. The molecule has 4 nitrogen and oxygen atoms in total. The molecule has 0 radical (unpaired) electrons. The Morgan fingerprint density at radius 2 is 1.88 bits per heavy atom.